The Morgan fingerprint density at radius 3 is 2.61 bits per heavy atom. The zero-order valence-corrected chi connectivity index (χ0v) is 10.7. The summed E-state index contributed by atoms with van der Waals surface area (Å²) >= 11 is 3.30. The number of aromatic nitrogens is 1. The molecule has 2 aromatic rings. The first kappa shape index (κ1) is 12.4. The fourth-order valence-corrected chi connectivity index (χ4v) is 1.58. The van der Waals surface area contributed by atoms with E-state index in [9.17, 15) is 4.79 Å². The van der Waals surface area contributed by atoms with Crippen molar-refractivity contribution in [2.45, 2.75) is 0 Å². The minimum Gasteiger partial charge on any atom is -0.477 e. The van der Waals surface area contributed by atoms with Gasteiger partial charge in [-0.2, -0.15) is 0 Å². The highest BCUT2D eigenvalue weighted by molar-refractivity contribution is 9.10. The van der Waals surface area contributed by atoms with Crippen LogP contribution in [0, 0.1) is 0 Å². The number of ether oxygens (including phenoxy) is 1. The molecular weight excluding hydrogens is 300 g/mol. The second-order valence-electron chi connectivity index (χ2n) is 3.48. The Labute approximate surface area is 111 Å². The summed E-state index contributed by atoms with van der Waals surface area (Å²) in [5.74, 6) is -0.626. The second-order valence-corrected chi connectivity index (χ2v) is 4.40. The molecule has 0 aliphatic heterocycles. The number of nitrogens with two attached hydrogens (primary N) is 1. The van der Waals surface area contributed by atoms with Crippen LogP contribution in [-0.2, 0) is 0 Å². The number of carboxylic acid groups (broad SMARTS) is 1. The number of anilines is 1. The van der Waals surface area contributed by atoms with Gasteiger partial charge in [0.15, 0.2) is 0 Å². The zero-order valence-electron chi connectivity index (χ0n) is 9.13. The fraction of sp³-hybridized carbons (Fsp3) is 0. The van der Waals surface area contributed by atoms with E-state index in [2.05, 4.69) is 20.9 Å². The Balaban J connectivity index is 2.34. The van der Waals surface area contributed by atoms with Crippen LogP contribution in [-0.4, -0.2) is 16.1 Å². The van der Waals surface area contributed by atoms with E-state index in [4.69, 9.17) is 15.6 Å². The van der Waals surface area contributed by atoms with E-state index in [0.29, 0.717) is 5.75 Å². The van der Waals surface area contributed by atoms with Crippen LogP contribution in [0.4, 0.5) is 5.69 Å². The van der Waals surface area contributed by atoms with Crippen LogP contribution in [0.3, 0.4) is 0 Å². The van der Waals surface area contributed by atoms with Gasteiger partial charge in [-0.05, 0) is 30.3 Å². The molecule has 18 heavy (non-hydrogen) atoms. The van der Waals surface area contributed by atoms with Gasteiger partial charge in [0.2, 0.25) is 5.88 Å². The third kappa shape index (κ3) is 2.78. The van der Waals surface area contributed by atoms with Crippen molar-refractivity contribution >= 4 is 27.6 Å². The molecule has 1 aromatic carbocycles. The Bertz CT molecular complexity index is 584. The SMILES string of the molecule is Nc1cnc(Oc2ccc(Br)cc2)c(C(=O)O)c1. The maximum absolute atomic E-state index is 11.0. The number of benzene rings is 1. The van der Waals surface area contributed by atoms with E-state index in [-0.39, 0.29) is 17.1 Å². The zero-order chi connectivity index (χ0) is 13.1. The third-order valence-electron chi connectivity index (χ3n) is 2.13. The summed E-state index contributed by atoms with van der Waals surface area (Å²) in [5, 5.41) is 9.03. The summed E-state index contributed by atoms with van der Waals surface area (Å²) in [6.07, 6.45) is 1.35. The van der Waals surface area contributed by atoms with E-state index >= 15 is 0 Å². The van der Waals surface area contributed by atoms with Crippen molar-refractivity contribution in [2.24, 2.45) is 0 Å². The molecule has 6 heteroatoms. The molecule has 2 rings (SSSR count). The van der Waals surface area contributed by atoms with Gasteiger partial charge in [0, 0.05) is 4.47 Å². The van der Waals surface area contributed by atoms with Gasteiger partial charge in [-0.15, -0.1) is 0 Å². The van der Waals surface area contributed by atoms with Gasteiger partial charge < -0.3 is 15.6 Å². The van der Waals surface area contributed by atoms with Crippen molar-refractivity contribution in [2.75, 3.05) is 5.73 Å². The van der Waals surface area contributed by atoms with Gasteiger partial charge in [-0.1, -0.05) is 15.9 Å². The van der Waals surface area contributed by atoms with Gasteiger partial charge in [0.25, 0.3) is 0 Å². The Morgan fingerprint density at radius 2 is 2.00 bits per heavy atom. The number of rotatable bonds is 3. The monoisotopic (exact) mass is 308 g/mol. The van der Waals surface area contributed by atoms with Crippen molar-refractivity contribution in [3.05, 3.63) is 46.6 Å². The molecule has 0 radical (unpaired) electrons. The normalized spacial score (nSPS) is 10.1. The van der Waals surface area contributed by atoms with Gasteiger partial charge in [-0.25, -0.2) is 9.78 Å². The molecule has 0 aliphatic carbocycles. The summed E-state index contributed by atoms with van der Waals surface area (Å²) in [4.78, 5) is 14.9. The van der Waals surface area contributed by atoms with E-state index in [0.717, 1.165) is 4.47 Å². The predicted octanol–water partition coefficient (Wildman–Crippen LogP) is 2.92. The maximum atomic E-state index is 11.0. The molecule has 92 valence electrons. The van der Waals surface area contributed by atoms with Gasteiger partial charge in [0.1, 0.15) is 11.3 Å². The van der Waals surface area contributed by atoms with Crippen LogP contribution in [0.15, 0.2) is 41.0 Å². The van der Waals surface area contributed by atoms with Crippen LogP contribution in [0.1, 0.15) is 10.4 Å². The highest BCUT2D eigenvalue weighted by Crippen LogP contribution is 2.25. The van der Waals surface area contributed by atoms with Crippen LogP contribution < -0.4 is 10.5 Å². The van der Waals surface area contributed by atoms with Crippen LogP contribution in [0.25, 0.3) is 0 Å². The number of hydrogen-bond acceptors (Lipinski definition) is 4. The molecule has 0 fully saturated rings. The lowest BCUT2D eigenvalue weighted by Gasteiger charge is -2.08. The molecule has 0 saturated carbocycles. The van der Waals surface area contributed by atoms with Crippen molar-refractivity contribution in [1.82, 2.24) is 4.98 Å². The lowest BCUT2D eigenvalue weighted by molar-refractivity contribution is 0.0693. The largest absolute Gasteiger partial charge is 0.477 e. The quantitative estimate of drug-likeness (QED) is 0.910. The molecular formula is C12H9BrN2O3. The lowest BCUT2D eigenvalue weighted by Crippen LogP contribution is -2.03. The standard InChI is InChI=1S/C12H9BrN2O3/c13-7-1-3-9(4-2-7)18-11-10(12(16)17)5-8(14)6-15-11/h1-6H,14H2,(H,16,17). The number of pyridine rings is 1. The molecule has 5 nitrogen and oxygen atoms in total. The number of halogens is 1. The van der Waals surface area contributed by atoms with E-state index in [1.54, 1.807) is 24.3 Å². The number of aromatic carboxylic acids is 1. The number of carbonyl (C=O) groups is 1. The summed E-state index contributed by atoms with van der Waals surface area (Å²) in [6.45, 7) is 0. The van der Waals surface area contributed by atoms with Crippen molar-refractivity contribution in [1.29, 1.82) is 0 Å². The first-order valence-corrected chi connectivity index (χ1v) is 5.78. The average Bonchev–Trinajstić information content (AvgIpc) is 2.34. The van der Waals surface area contributed by atoms with Gasteiger partial charge in [-0.3, -0.25) is 0 Å². The molecule has 0 amide bonds. The Kier molecular flexibility index (Phi) is 3.47. The molecule has 0 bridgehead atoms. The third-order valence-corrected chi connectivity index (χ3v) is 2.66. The fourth-order valence-electron chi connectivity index (χ4n) is 1.32. The molecule has 0 saturated heterocycles. The first-order valence-electron chi connectivity index (χ1n) is 4.98. The second kappa shape index (κ2) is 5.05. The van der Waals surface area contributed by atoms with Crippen molar-refractivity contribution < 1.29 is 14.6 Å². The number of hydrogen-bond donors (Lipinski definition) is 2. The minimum absolute atomic E-state index is 0.0130. The average molecular weight is 309 g/mol. The lowest BCUT2D eigenvalue weighted by atomic mass is 10.2. The summed E-state index contributed by atoms with van der Waals surface area (Å²) < 4.78 is 6.31. The highest BCUT2D eigenvalue weighted by atomic mass is 79.9. The molecule has 3 N–H and O–H groups in total. The maximum Gasteiger partial charge on any atom is 0.341 e. The molecule has 0 aliphatic rings. The number of carboxylic acids is 1. The summed E-state index contributed by atoms with van der Waals surface area (Å²) in [5.41, 5.74) is 5.69. The molecule has 1 aromatic heterocycles. The van der Waals surface area contributed by atoms with Gasteiger partial charge >= 0.3 is 5.97 Å². The first-order chi connectivity index (χ1) is 8.56. The molecule has 0 spiro atoms. The van der Waals surface area contributed by atoms with Gasteiger partial charge in [0.05, 0.1) is 11.9 Å². The smallest absolute Gasteiger partial charge is 0.341 e. The Morgan fingerprint density at radius 1 is 1.33 bits per heavy atom. The van der Waals surface area contributed by atoms with Crippen molar-refractivity contribution in [3.8, 4) is 11.6 Å². The molecule has 1 heterocycles. The molecule has 0 atom stereocenters. The molecule has 0 unspecified atom stereocenters. The van der Waals surface area contributed by atoms with Crippen LogP contribution in [0.5, 0.6) is 11.6 Å². The topological polar surface area (TPSA) is 85.4 Å². The summed E-state index contributed by atoms with van der Waals surface area (Å²) in [7, 11) is 0. The van der Waals surface area contributed by atoms with Crippen molar-refractivity contribution in [3.63, 3.8) is 0 Å². The highest BCUT2D eigenvalue weighted by Gasteiger charge is 2.14. The summed E-state index contributed by atoms with van der Waals surface area (Å²) in [6, 6.07) is 8.28. The van der Waals surface area contributed by atoms with E-state index in [1.807, 2.05) is 0 Å². The van der Waals surface area contributed by atoms with Crippen LogP contribution in [0.2, 0.25) is 0 Å². The predicted molar refractivity (Wildman–Crippen MR) is 69.8 cm³/mol. The van der Waals surface area contributed by atoms with E-state index in [1.165, 1.54) is 12.3 Å². The Hall–Kier alpha value is -2.08. The van der Waals surface area contributed by atoms with Crippen LogP contribution >= 0.6 is 15.9 Å². The number of nitrogens with zero attached hydrogens (tertiary/aromatic N) is 1. The van der Waals surface area contributed by atoms with E-state index < -0.39 is 5.97 Å². The minimum atomic E-state index is -1.14. The number of nitrogen functional groups attached to an aromatic ring is 1.